The van der Waals surface area contributed by atoms with Gasteiger partial charge in [0.05, 0.1) is 12.7 Å². The van der Waals surface area contributed by atoms with Crippen molar-refractivity contribution in [1.82, 2.24) is 0 Å². The van der Waals surface area contributed by atoms with Crippen LogP contribution in [-0.4, -0.2) is 45.9 Å². The van der Waals surface area contributed by atoms with Crippen LogP contribution in [0, 0.1) is 5.41 Å². The van der Waals surface area contributed by atoms with E-state index in [1.54, 1.807) is 12.2 Å². The van der Waals surface area contributed by atoms with Gasteiger partial charge in [0.15, 0.2) is 0 Å². The van der Waals surface area contributed by atoms with Gasteiger partial charge in [0.2, 0.25) is 0 Å². The Hall–Kier alpha value is -4.23. The van der Waals surface area contributed by atoms with E-state index < -0.39 is 23.3 Å². The molecule has 1 heterocycles. The number of hydrogen-bond acceptors (Lipinski definition) is 4. The van der Waals surface area contributed by atoms with Gasteiger partial charge in [-0.2, -0.15) is 0 Å². The van der Waals surface area contributed by atoms with E-state index in [2.05, 4.69) is 13.2 Å². The molecule has 1 saturated heterocycles. The molecule has 37 heavy (non-hydrogen) atoms. The number of aliphatic carboxylic acids is 3. The standard InChI is InChI=1S/C23H22O4.C7H10O3/c1-17(21(24)25)15-23(18(2)22(26)27,16-20-11-7-4-8-12-20)14-13-19-9-5-3-6-10-19;1-5(7(8)9)2-3-6-4-10-6/h3-15H,2,16H2,1H3,(H,24,25)(H,26,27);6H,1-4H2,(H,8,9). The molecule has 194 valence electrons. The highest BCUT2D eigenvalue weighted by Gasteiger charge is 2.33. The minimum atomic E-state index is -1.18. The summed E-state index contributed by atoms with van der Waals surface area (Å²) in [5, 5.41) is 27.4. The van der Waals surface area contributed by atoms with Gasteiger partial charge in [0, 0.05) is 22.1 Å². The number of benzene rings is 2. The van der Waals surface area contributed by atoms with E-state index >= 15 is 0 Å². The maximum atomic E-state index is 11.8. The van der Waals surface area contributed by atoms with Crippen LogP contribution in [0.2, 0.25) is 0 Å². The molecule has 0 saturated carbocycles. The normalized spacial score (nSPS) is 16.1. The van der Waals surface area contributed by atoms with E-state index in [1.807, 2.05) is 60.7 Å². The molecule has 0 radical (unpaired) electrons. The van der Waals surface area contributed by atoms with Crippen LogP contribution >= 0.6 is 0 Å². The van der Waals surface area contributed by atoms with E-state index in [0.29, 0.717) is 12.5 Å². The first kappa shape index (κ1) is 29.0. The second-order valence-electron chi connectivity index (χ2n) is 8.77. The lowest BCUT2D eigenvalue weighted by Crippen LogP contribution is -2.27. The first-order valence-corrected chi connectivity index (χ1v) is 11.7. The summed E-state index contributed by atoms with van der Waals surface area (Å²) >= 11 is 0. The summed E-state index contributed by atoms with van der Waals surface area (Å²) in [6, 6.07) is 18.8. The number of hydrogen-bond donors (Lipinski definition) is 3. The fraction of sp³-hybridized carbons (Fsp3) is 0.233. The van der Waals surface area contributed by atoms with Crippen LogP contribution in [0.5, 0.6) is 0 Å². The molecule has 3 N–H and O–H groups in total. The van der Waals surface area contributed by atoms with E-state index in [9.17, 15) is 24.6 Å². The average Bonchev–Trinajstić information content (AvgIpc) is 3.71. The summed E-state index contributed by atoms with van der Waals surface area (Å²) < 4.78 is 4.90. The molecule has 7 nitrogen and oxygen atoms in total. The van der Waals surface area contributed by atoms with Gasteiger partial charge in [0.1, 0.15) is 0 Å². The second kappa shape index (κ2) is 13.8. The molecule has 1 fully saturated rings. The third-order valence-corrected chi connectivity index (χ3v) is 5.82. The molecule has 0 amide bonds. The van der Waals surface area contributed by atoms with Gasteiger partial charge in [-0.1, -0.05) is 92.0 Å². The molecule has 1 aliphatic rings. The largest absolute Gasteiger partial charge is 0.478 e. The second-order valence-corrected chi connectivity index (χ2v) is 8.77. The first-order valence-electron chi connectivity index (χ1n) is 11.7. The zero-order chi connectivity index (χ0) is 27.4. The van der Waals surface area contributed by atoms with Crippen LogP contribution < -0.4 is 0 Å². The first-order chi connectivity index (χ1) is 17.5. The summed E-state index contributed by atoms with van der Waals surface area (Å²) in [5.74, 6) is -3.17. The molecule has 2 aromatic carbocycles. The number of rotatable bonds is 12. The van der Waals surface area contributed by atoms with Crippen LogP contribution in [0.25, 0.3) is 6.08 Å². The molecule has 0 spiro atoms. The Morgan fingerprint density at radius 2 is 1.51 bits per heavy atom. The highest BCUT2D eigenvalue weighted by molar-refractivity contribution is 5.91. The van der Waals surface area contributed by atoms with Crippen molar-refractivity contribution in [2.24, 2.45) is 5.41 Å². The molecule has 3 rings (SSSR count). The van der Waals surface area contributed by atoms with Gasteiger partial charge in [-0.25, -0.2) is 14.4 Å². The van der Waals surface area contributed by atoms with Crippen molar-refractivity contribution in [3.05, 3.63) is 114 Å². The van der Waals surface area contributed by atoms with Crippen LogP contribution in [0.15, 0.2) is 103 Å². The summed E-state index contributed by atoms with van der Waals surface area (Å²) in [6.07, 6.45) is 6.91. The number of carboxylic acid groups (broad SMARTS) is 3. The van der Waals surface area contributed by atoms with Crippen molar-refractivity contribution in [2.75, 3.05) is 6.61 Å². The maximum Gasteiger partial charge on any atom is 0.332 e. The smallest absolute Gasteiger partial charge is 0.332 e. The minimum Gasteiger partial charge on any atom is -0.478 e. The van der Waals surface area contributed by atoms with Crippen molar-refractivity contribution < 1.29 is 34.4 Å². The lowest BCUT2D eigenvalue weighted by molar-refractivity contribution is -0.134. The average molecular weight is 505 g/mol. The lowest BCUT2D eigenvalue weighted by Gasteiger charge is -2.29. The predicted molar refractivity (Wildman–Crippen MR) is 142 cm³/mol. The van der Waals surface area contributed by atoms with Crippen LogP contribution in [0.4, 0.5) is 0 Å². The van der Waals surface area contributed by atoms with Gasteiger partial charge < -0.3 is 20.1 Å². The number of epoxide rings is 1. The van der Waals surface area contributed by atoms with Gasteiger partial charge >= 0.3 is 17.9 Å². The van der Waals surface area contributed by atoms with Crippen molar-refractivity contribution >= 4 is 24.0 Å². The zero-order valence-corrected chi connectivity index (χ0v) is 20.8. The fourth-order valence-electron chi connectivity index (χ4n) is 3.52. The van der Waals surface area contributed by atoms with Crippen molar-refractivity contribution in [1.29, 1.82) is 0 Å². The number of carbonyl (C=O) groups is 3. The number of allylic oxidation sites excluding steroid dienone is 2. The lowest BCUT2D eigenvalue weighted by atomic mass is 9.73. The fourth-order valence-corrected chi connectivity index (χ4v) is 3.52. The van der Waals surface area contributed by atoms with Crippen LogP contribution in [0.3, 0.4) is 0 Å². The molecule has 2 unspecified atom stereocenters. The summed E-state index contributed by atoms with van der Waals surface area (Å²) in [5.41, 5.74) is 0.841. The van der Waals surface area contributed by atoms with Gasteiger partial charge in [-0.3, -0.25) is 0 Å². The zero-order valence-electron chi connectivity index (χ0n) is 20.8. The van der Waals surface area contributed by atoms with E-state index in [0.717, 1.165) is 24.2 Å². The monoisotopic (exact) mass is 504 g/mol. The van der Waals surface area contributed by atoms with Crippen LogP contribution in [0.1, 0.15) is 30.9 Å². The van der Waals surface area contributed by atoms with Crippen molar-refractivity contribution in [3.8, 4) is 0 Å². The third-order valence-electron chi connectivity index (χ3n) is 5.82. The Bertz CT molecular complexity index is 1170. The highest BCUT2D eigenvalue weighted by atomic mass is 16.6. The maximum absolute atomic E-state index is 11.8. The molecule has 2 atom stereocenters. The van der Waals surface area contributed by atoms with Crippen LogP contribution in [-0.2, 0) is 25.5 Å². The van der Waals surface area contributed by atoms with Crippen molar-refractivity contribution in [2.45, 2.75) is 32.3 Å². The number of carboxylic acids is 3. The number of ether oxygens (including phenoxy) is 1. The summed E-state index contributed by atoms with van der Waals surface area (Å²) in [7, 11) is 0. The molecule has 1 aliphatic heterocycles. The molecule has 0 aliphatic carbocycles. The van der Waals surface area contributed by atoms with Crippen molar-refractivity contribution in [3.63, 3.8) is 0 Å². The summed E-state index contributed by atoms with van der Waals surface area (Å²) in [6.45, 7) is 9.39. The van der Waals surface area contributed by atoms with Gasteiger partial charge in [0.25, 0.3) is 0 Å². The SMILES string of the molecule is C=C(C(=O)O)C(C=Cc1ccccc1)(C=C(C)C(=O)O)Cc1ccccc1.C=C(CCC1CO1)C(=O)O. The Morgan fingerprint density at radius 1 is 0.946 bits per heavy atom. The van der Waals surface area contributed by atoms with E-state index in [-0.39, 0.29) is 23.1 Å². The predicted octanol–water partition coefficient (Wildman–Crippen LogP) is 5.41. The summed E-state index contributed by atoms with van der Waals surface area (Å²) in [4.78, 5) is 33.4. The molecule has 0 bridgehead atoms. The molecule has 2 aromatic rings. The minimum absolute atomic E-state index is 0.0612. The molecule has 7 heteroatoms. The van der Waals surface area contributed by atoms with Gasteiger partial charge in [-0.05, 0) is 37.3 Å². The molecule has 0 aromatic heterocycles. The Labute approximate surface area is 216 Å². The molecular formula is C30H32O7. The van der Waals surface area contributed by atoms with Gasteiger partial charge in [-0.15, -0.1) is 0 Å². The highest BCUT2D eigenvalue weighted by Crippen LogP contribution is 2.36. The van der Waals surface area contributed by atoms with E-state index in [1.165, 1.54) is 13.0 Å². The Kier molecular flexibility index (Phi) is 10.8. The Morgan fingerprint density at radius 3 is 2.00 bits per heavy atom. The topological polar surface area (TPSA) is 124 Å². The molecular weight excluding hydrogens is 472 g/mol. The third kappa shape index (κ3) is 9.74. The Balaban J connectivity index is 0.000000402. The quantitative estimate of drug-likeness (QED) is 0.261. The van der Waals surface area contributed by atoms with E-state index in [4.69, 9.17) is 9.84 Å².